The molecule has 142 valence electrons. The maximum absolute atomic E-state index is 12.4. The van der Waals surface area contributed by atoms with Crippen molar-refractivity contribution in [2.75, 3.05) is 36.8 Å². The number of nitrogens with zero attached hydrogens (tertiary/aromatic N) is 3. The minimum atomic E-state index is -0.380. The molecule has 0 atom stereocenters. The number of carbonyl (C=O) groups excluding carboxylic acids is 1. The van der Waals surface area contributed by atoms with Gasteiger partial charge in [-0.1, -0.05) is 35.9 Å². The lowest BCUT2D eigenvalue weighted by atomic mass is 10.2. The molecule has 3 rings (SSSR count). The van der Waals surface area contributed by atoms with Crippen molar-refractivity contribution in [2.24, 2.45) is 0 Å². The van der Waals surface area contributed by atoms with Crippen LogP contribution in [0.4, 0.5) is 11.4 Å². The first-order valence-corrected chi connectivity index (χ1v) is 10.1. The number of amides is 1. The fourth-order valence-corrected chi connectivity index (χ4v) is 3.94. The van der Waals surface area contributed by atoms with Crippen LogP contribution < -0.4 is 4.90 Å². The maximum atomic E-state index is 12.4. The first kappa shape index (κ1) is 19.2. The van der Waals surface area contributed by atoms with Crippen molar-refractivity contribution < 1.29 is 9.72 Å². The summed E-state index contributed by atoms with van der Waals surface area (Å²) in [6.07, 6.45) is 0. The van der Waals surface area contributed by atoms with Gasteiger partial charge in [0.1, 0.15) is 0 Å². The van der Waals surface area contributed by atoms with E-state index in [0.29, 0.717) is 31.9 Å². The number of nitro benzene ring substituents is 1. The Labute approximate surface area is 163 Å². The second-order valence-corrected chi connectivity index (χ2v) is 7.61. The van der Waals surface area contributed by atoms with E-state index in [9.17, 15) is 14.9 Å². The van der Waals surface area contributed by atoms with Gasteiger partial charge in [0, 0.05) is 49.8 Å². The van der Waals surface area contributed by atoms with Crippen molar-refractivity contribution in [1.82, 2.24) is 4.90 Å². The molecule has 2 aromatic rings. The molecule has 1 amide bonds. The predicted octanol–water partition coefficient (Wildman–Crippen LogP) is 3.49. The summed E-state index contributed by atoms with van der Waals surface area (Å²) < 4.78 is 0. The zero-order valence-electron chi connectivity index (χ0n) is 15.3. The Bertz CT molecular complexity index is 802. The van der Waals surface area contributed by atoms with Crippen LogP contribution in [0.15, 0.2) is 48.5 Å². The fourth-order valence-electron chi connectivity index (χ4n) is 3.05. The second-order valence-electron chi connectivity index (χ2n) is 6.62. The molecule has 0 saturated carbocycles. The third-order valence-electron chi connectivity index (χ3n) is 4.65. The third-order valence-corrected chi connectivity index (χ3v) is 5.64. The van der Waals surface area contributed by atoms with E-state index < -0.39 is 0 Å². The summed E-state index contributed by atoms with van der Waals surface area (Å²) in [7, 11) is 0. The first-order chi connectivity index (χ1) is 13.0. The Morgan fingerprint density at radius 2 is 1.81 bits per heavy atom. The number of thioether (sulfide) groups is 1. The van der Waals surface area contributed by atoms with Gasteiger partial charge in [-0.3, -0.25) is 14.9 Å². The topological polar surface area (TPSA) is 66.7 Å². The van der Waals surface area contributed by atoms with Gasteiger partial charge in [0.2, 0.25) is 5.91 Å². The molecule has 6 nitrogen and oxygen atoms in total. The number of rotatable bonds is 6. The Kier molecular flexibility index (Phi) is 6.34. The summed E-state index contributed by atoms with van der Waals surface area (Å²) in [6, 6.07) is 15.0. The van der Waals surface area contributed by atoms with Crippen molar-refractivity contribution in [3.8, 4) is 0 Å². The van der Waals surface area contributed by atoms with Crippen molar-refractivity contribution >= 4 is 29.0 Å². The molecule has 1 aliphatic heterocycles. The number of carbonyl (C=O) groups is 1. The summed E-state index contributed by atoms with van der Waals surface area (Å²) in [5.74, 6) is 1.47. The molecule has 0 aromatic heterocycles. The van der Waals surface area contributed by atoms with Crippen LogP contribution in [0.3, 0.4) is 0 Å². The van der Waals surface area contributed by atoms with E-state index in [2.05, 4.69) is 36.1 Å². The molecular formula is C20H23N3O3S. The fraction of sp³-hybridized carbons (Fsp3) is 0.350. The van der Waals surface area contributed by atoms with Crippen LogP contribution in [-0.2, 0) is 10.5 Å². The minimum absolute atomic E-state index is 0.0958. The Hall–Kier alpha value is -2.54. The molecule has 0 unspecified atom stereocenters. The van der Waals surface area contributed by atoms with Crippen LogP contribution in [0.2, 0.25) is 0 Å². The van der Waals surface area contributed by atoms with Gasteiger partial charge >= 0.3 is 0 Å². The number of nitro groups is 1. The molecule has 0 N–H and O–H groups in total. The van der Waals surface area contributed by atoms with Gasteiger partial charge in [-0.05, 0) is 18.6 Å². The van der Waals surface area contributed by atoms with Crippen LogP contribution in [-0.4, -0.2) is 47.7 Å². The molecule has 0 bridgehead atoms. The molecule has 1 heterocycles. The molecule has 0 aliphatic carbocycles. The standard InChI is InChI=1S/C20H23N3O3S/c1-16-5-7-17(8-6-16)14-27-15-20(24)22-11-9-21(10-12-22)18-3-2-4-19(13-18)23(25)26/h2-8,13H,9-12,14-15H2,1H3. The lowest BCUT2D eigenvalue weighted by molar-refractivity contribution is -0.384. The summed E-state index contributed by atoms with van der Waals surface area (Å²) in [5.41, 5.74) is 3.40. The second kappa shape index (κ2) is 8.90. The molecule has 0 radical (unpaired) electrons. The Morgan fingerprint density at radius 3 is 2.48 bits per heavy atom. The third kappa shape index (κ3) is 5.23. The molecule has 0 spiro atoms. The van der Waals surface area contributed by atoms with E-state index in [-0.39, 0.29) is 16.5 Å². The molecule has 27 heavy (non-hydrogen) atoms. The van der Waals surface area contributed by atoms with E-state index >= 15 is 0 Å². The molecule has 1 aliphatic rings. The van der Waals surface area contributed by atoms with E-state index in [1.165, 1.54) is 17.2 Å². The number of benzene rings is 2. The van der Waals surface area contributed by atoms with Crippen molar-refractivity contribution in [3.05, 3.63) is 69.8 Å². The van der Waals surface area contributed by atoms with E-state index in [0.717, 1.165) is 11.4 Å². The molecule has 1 fully saturated rings. The highest BCUT2D eigenvalue weighted by molar-refractivity contribution is 7.99. The number of non-ortho nitro benzene ring substituents is 1. The van der Waals surface area contributed by atoms with Crippen molar-refractivity contribution in [2.45, 2.75) is 12.7 Å². The van der Waals surface area contributed by atoms with Gasteiger partial charge in [-0.25, -0.2) is 0 Å². The monoisotopic (exact) mass is 385 g/mol. The van der Waals surface area contributed by atoms with Crippen LogP contribution in [0.25, 0.3) is 0 Å². The minimum Gasteiger partial charge on any atom is -0.368 e. The van der Waals surface area contributed by atoms with Gasteiger partial charge in [-0.15, -0.1) is 11.8 Å². The maximum Gasteiger partial charge on any atom is 0.271 e. The average Bonchev–Trinajstić information content (AvgIpc) is 2.69. The highest BCUT2D eigenvalue weighted by Crippen LogP contribution is 2.22. The largest absolute Gasteiger partial charge is 0.368 e. The smallest absolute Gasteiger partial charge is 0.271 e. The van der Waals surface area contributed by atoms with Gasteiger partial charge in [0.25, 0.3) is 5.69 Å². The first-order valence-electron chi connectivity index (χ1n) is 8.93. The van der Waals surface area contributed by atoms with Gasteiger partial charge < -0.3 is 9.80 Å². The van der Waals surface area contributed by atoms with Crippen molar-refractivity contribution in [1.29, 1.82) is 0 Å². The quantitative estimate of drug-likeness (QED) is 0.563. The Balaban J connectivity index is 1.45. The number of hydrogen-bond donors (Lipinski definition) is 0. The zero-order valence-corrected chi connectivity index (χ0v) is 16.2. The summed E-state index contributed by atoms with van der Waals surface area (Å²) in [5, 5.41) is 10.9. The highest BCUT2D eigenvalue weighted by atomic mass is 32.2. The number of aryl methyl sites for hydroxylation is 1. The summed E-state index contributed by atoms with van der Waals surface area (Å²) in [6.45, 7) is 4.73. The SMILES string of the molecule is Cc1ccc(CSCC(=O)N2CCN(c3cccc([N+](=O)[O-])c3)CC2)cc1. The van der Waals surface area contributed by atoms with Crippen LogP contribution in [0.5, 0.6) is 0 Å². The van der Waals surface area contributed by atoms with Crippen molar-refractivity contribution in [3.63, 3.8) is 0 Å². The van der Waals surface area contributed by atoms with Gasteiger partial charge in [0.05, 0.1) is 10.7 Å². The van der Waals surface area contributed by atoms with E-state index in [4.69, 9.17) is 0 Å². The lowest BCUT2D eigenvalue weighted by Gasteiger charge is -2.36. The summed E-state index contributed by atoms with van der Waals surface area (Å²) >= 11 is 1.64. The lowest BCUT2D eigenvalue weighted by Crippen LogP contribution is -2.49. The van der Waals surface area contributed by atoms with Crippen LogP contribution in [0.1, 0.15) is 11.1 Å². The average molecular weight is 385 g/mol. The molecular weight excluding hydrogens is 362 g/mol. The van der Waals surface area contributed by atoms with Gasteiger partial charge in [0.15, 0.2) is 0 Å². The zero-order chi connectivity index (χ0) is 19.2. The summed E-state index contributed by atoms with van der Waals surface area (Å²) in [4.78, 5) is 27.0. The molecule has 1 saturated heterocycles. The molecule has 2 aromatic carbocycles. The van der Waals surface area contributed by atoms with Crippen LogP contribution >= 0.6 is 11.8 Å². The highest BCUT2D eigenvalue weighted by Gasteiger charge is 2.22. The van der Waals surface area contributed by atoms with Gasteiger partial charge in [-0.2, -0.15) is 0 Å². The number of hydrogen-bond acceptors (Lipinski definition) is 5. The Morgan fingerprint density at radius 1 is 1.11 bits per heavy atom. The normalized spacial score (nSPS) is 14.3. The number of piperazine rings is 1. The van der Waals surface area contributed by atoms with E-state index in [1.54, 1.807) is 23.9 Å². The van der Waals surface area contributed by atoms with E-state index in [1.807, 2.05) is 11.0 Å². The molecule has 7 heteroatoms. The number of anilines is 1. The van der Waals surface area contributed by atoms with Crippen LogP contribution in [0, 0.1) is 17.0 Å². The predicted molar refractivity (Wildman–Crippen MR) is 109 cm³/mol.